The number of hydrogen-bond donors (Lipinski definition) is 1. The highest BCUT2D eigenvalue weighted by Gasteiger charge is 2.27. The minimum absolute atomic E-state index is 0.628. The van der Waals surface area contributed by atoms with Gasteiger partial charge in [0.2, 0.25) is 0 Å². The maximum atomic E-state index is 4.25. The summed E-state index contributed by atoms with van der Waals surface area (Å²) in [5.74, 6) is 1.80. The molecule has 2 heteroatoms. The number of likely N-dealkylation sites (N-methyl/N-ethyl adjacent to an activating group) is 1. The predicted octanol–water partition coefficient (Wildman–Crippen LogP) is 3.82. The minimum Gasteiger partial charge on any atom is -0.314 e. The molecule has 0 amide bonds. The van der Waals surface area contributed by atoms with Crippen LogP contribution in [0.4, 0.5) is 0 Å². The van der Waals surface area contributed by atoms with Crippen molar-refractivity contribution in [2.75, 3.05) is 6.54 Å². The second-order valence-corrected chi connectivity index (χ2v) is 5.93. The lowest BCUT2D eigenvalue weighted by atomic mass is 9.75. The normalized spacial score (nSPS) is 25.2. The zero-order chi connectivity index (χ0) is 13.5. The van der Waals surface area contributed by atoms with Gasteiger partial charge in [0.25, 0.3) is 0 Å². The van der Waals surface area contributed by atoms with Crippen molar-refractivity contribution in [3.63, 3.8) is 0 Å². The highest BCUT2D eigenvalue weighted by molar-refractivity contribution is 5.10. The van der Waals surface area contributed by atoms with Crippen molar-refractivity contribution in [2.45, 2.75) is 58.4 Å². The molecule has 1 aliphatic carbocycles. The van der Waals surface area contributed by atoms with Crippen LogP contribution in [0, 0.1) is 11.8 Å². The molecule has 1 saturated carbocycles. The van der Waals surface area contributed by atoms with Crippen LogP contribution in [0.5, 0.6) is 0 Å². The zero-order valence-corrected chi connectivity index (χ0v) is 12.4. The Balaban J connectivity index is 1.98. The Hall–Kier alpha value is -0.890. The lowest BCUT2D eigenvalue weighted by molar-refractivity contribution is 0.208. The first-order chi connectivity index (χ1) is 9.33. The van der Waals surface area contributed by atoms with Gasteiger partial charge in [-0.25, -0.2) is 0 Å². The minimum atomic E-state index is 0.628. The monoisotopic (exact) mass is 260 g/mol. The van der Waals surface area contributed by atoms with Gasteiger partial charge in [-0.2, -0.15) is 0 Å². The highest BCUT2D eigenvalue weighted by Crippen LogP contribution is 2.33. The van der Waals surface area contributed by atoms with Gasteiger partial charge in [-0.3, -0.25) is 4.98 Å². The van der Waals surface area contributed by atoms with Crippen LogP contribution in [-0.2, 0) is 6.42 Å². The molecule has 0 aliphatic heterocycles. The molecule has 106 valence electrons. The highest BCUT2D eigenvalue weighted by atomic mass is 14.9. The van der Waals surface area contributed by atoms with Gasteiger partial charge in [-0.1, -0.05) is 39.2 Å². The van der Waals surface area contributed by atoms with E-state index >= 15 is 0 Å². The van der Waals surface area contributed by atoms with E-state index in [9.17, 15) is 0 Å². The molecule has 0 radical (unpaired) electrons. The van der Waals surface area contributed by atoms with Crippen molar-refractivity contribution >= 4 is 0 Å². The topological polar surface area (TPSA) is 24.9 Å². The summed E-state index contributed by atoms with van der Waals surface area (Å²) in [7, 11) is 0. The number of pyridine rings is 1. The fourth-order valence-corrected chi connectivity index (χ4v) is 3.51. The average Bonchev–Trinajstić information content (AvgIpc) is 2.48. The molecule has 2 nitrogen and oxygen atoms in total. The van der Waals surface area contributed by atoms with E-state index in [1.54, 1.807) is 0 Å². The van der Waals surface area contributed by atoms with Crippen molar-refractivity contribution in [1.82, 2.24) is 10.3 Å². The summed E-state index contributed by atoms with van der Waals surface area (Å²) in [5, 5.41) is 3.72. The Bertz CT molecular complexity index is 350. The number of hydrogen-bond acceptors (Lipinski definition) is 2. The molecular weight excluding hydrogens is 232 g/mol. The largest absolute Gasteiger partial charge is 0.314 e. The van der Waals surface area contributed by atoms with Gasteiger partial charge in [0, 0.05) is 18.4 Å². The molecule has 0 bridgehead atoms. The van der Waals surface area contributed by atoms with E-state index in [0.717, 1.165) is 24.8 Å². The van der Waals surface area contributed by atoms with Gasteiger partial charge >= 0.3 is 0 Å². The van der Waals surface area contributed by atoms with E-state index in [1.165, 1.54) is 37.7 Å². The fraction of sp³-hybridized carbons (Fsp3) is 0.706. The summed E-state index contributed by atoms with van der Waals surface area (Å²) in [4.78, 5) is 4.25. The summed E-state index contributed by atoms with van der Waals surface area (Å²) < 4.78 is 0. The van der Waals surface area contributed by atoms with Crippen LogP contribution >= 0.6 is 0 Å². The summed E-state index contributed by atoms with van der Waals surface area (Å²) >= 11 is 0. The van der Waals surface area contributed by atoms with Gasteiger partial charge < -0.3 is 5.32 Å². The number of nitrogens with one attached hydrogen (secondary N) is 1. The van der Waals surface area contributed by atoms with E-state index < -0.39 is 0 Å². The number of nitrogens with zero attached hydrogens (tertiary/aromatic N) is 1. The van der Waals surface area contributed by atoms with Crippen molar-refractivity contribution in [3.05, 3.63) is 30.1 Å². The first-order valence-electron chi connectivity index (χ1n) is 7.95. The third kappa shape index (κ3) is 4.31. The van der Waals surface area contributed by atoms with Gasteiger partial charge in [-0.15, -0.1) is 0 Å². The van der Waals surface area contributed by atoms with Crippen LogP contribution in [-0.4, -0.2) is 17.6 Å². The molecule has 19 heavy (non-hydrogen) atoms. The first kappa shape index (κ1) is 14.5. The van der Waals surface area contributed by atoms with Crippen LogP contribution in [0.15, 0.2) is 24.5 Å². The van der Waals surface area contributed by atoms with E-state index in [0.29, 0.717) is 6.04 Å². The van der Waals surface area contributed by atoms with Crippen molar-refractivity contribution in [3.8, 4) is 0 Å². The molecule has 0 saturated heterocycles. The smallest absolute Gasteiger partial charge is 0.0300 e. The van der Waals surface area contributed by atoms with Gasteiger partial charge in [0.15, 0.2) is 0 Å². The van der Waals surface area contributed by atoms with Gasteiger partial charge in [0.05, 0.1) is 0 Å². The maximum absolute atomic E-state index is 4.25. The molecule has 0 aromatic carbocycles. The summed E-state index contributed by atoms with van der Waals surface area (Å²) in [6, 6.07) is 4.88. The van der Waals surface area contributed by atoms with Crippen molar-refractivity contribution in [2.24, 2.45) is 11.8 Å². The van der Waals surface area contributed by atoms with Gasteiger partial charge in [0.1, 0.15) is 0 Å². The van der Waals surface area contributed by atoms with Crippen LogP contribution in [0.25, 0.3) is 0 Å². The Morgan fingerprint density at radius 2 is 2.26 bits per heavy atom. The van der Waals surface area contributed by atoms with Crippen molar-refractivity contribution in [1.29, 1.82) is 0 Å². The van der Waals surface area contributed by atoms with Crippen LogP contribution in [0.1, 0.15) is 51.5 Å². The standard InChI is InChI=1S/C17H28N2/c1-3-14-7-5-9-16(11-14)17(19-4-2)12-15-8-6-10-18-13-15/h6,8,10,13-14,16-17,19H,3-5,7,9,11-12H2,1-2H3. The predicted molar refractivity (Wildman–Crippen MR) is 81.1 cm³/mol. The Morgan fingerprint density at radius 3 is 2.95 bits per heavy atom. The third-order valence-electron chi connectivity index (χ3n) is 4.61. The summed E-state index contributed by atoms with van der Waals surface area (Å²) in [6.45, 7) is 5.63. The molecule has 2 rings (SSSR count). The summed E-state index contributed by atoms with van der Waals surface area (Å²) in [6.07, 6.45) is 12.0. The summed E-state index contributed by atoms with van der Waals surface area (Å²) in [5.41, 5.74) is 1.37. The molecule has 1 aliphatic rings. The number of rotatable bonds is 6. The SMILES string of the molecule is CCNC(Cc1cccnc1)C1CCCC(CC)C1. The van der Waals surface area contributed by atoms with Crippen LogP contribution < -0.4 is 5.32 Å². The fourth-order valence-electron chi connectivity index (χ4n) is 3.51. The number of aromatic nitrogens is 1. The lowest BCUT2D eigenvalue weighted by Gasteiger charge is -2.35. The van der Waals surface area contributed by atoms with E-state index in [2.05, 4.69) is 30.2 Å². The molecule has 3 atom stereocenters. The molecule has 1 N–H and O–H groups in total. The second-order valence-electron chi connectivity index (χ2n) is 5.93. The average molecular weight is 260 g/mol. The lowest BCUT2D eigenvalue weighted by Crippen LogP contribution is -2.40. The zero-order valence-electron chi connectivity index (χ0n) is 12.4. The van der Waals surface area contributed by atoms with E-state index in [-0.39, 0.29) is 0 Å². The molecule has 1 heterocycles. The van der Waals surface area contributed by atoms with Crippen LogP contribution in [0.3, 0.4) is 0 Å². The van der Waals surface area contributed by atoms with E-state index in [1.807, 2.05) is 18.5 Å². The second kappa shape index (κ2) is 7.64. The Kier molecular flexibility index (Phi) is 5.84. The third-order valence-corrected chi connectivity index (χ3v) is 4.61. The molecule has 1 aromatic rings. The molecule has 3 unspecified atom stereocenters. The molecule has 0 spiro atoms. The van der Waals surface area contributed by atoms with E-state index in [4.69, 9.17) is 0 Å². The quantitative estimate of drug-likeness (QED) is 0.841. The van der Waals surface area contributed by atoms with Crippen LogP contribution in [0.2, 0.25) is 0 Å². The van der Waals surface area contributed by atoms with Gasteiger partial charge in [-0.05, 0) is 49.3 Å². The Morgan fingerprint density at radius 1 is 1.37 bits per heavy atom. The molecule has 1 fully saturated rings. The maximum Gasteiger partial charge on any atom is 0.0300 e. The molecular formula is C17H28N2. The molecule has 1 aromatic heterocycles. The Labute approximate surface area is 118 Å². The first-order valence-corrected chi connectivity index (χ1v) is 7.95. The van der Waals surface area contributed by atoms with Crippen molar-refractivity contribution < 1.29 is 0 Å².